The van der Waals surface area contributed by atoms with Crippen LogP contribution in [0, 0.1) is 22.7 Å². The van der Waals surface area contributed by atoms with Crippen molar-refractivity contribution in [3.63, 3.8) is 0 Å². The summed E-state index contributed by atoms with van der Waals surface area (Å²) in [5.41, 5.74) is -1.60. The lowest BCUT2D eigenvalue weighted by Crippen LogP contribution is -2.53. The van der Waals surface area contributed by atoms with Gasteiger partial charge in [0.15, 0.2) is 0 Å². The molecule has 3 rings (SSSR count). The topological polar surface area (TPSA) is 76.8 Å². The van der Waals surface area contributed by atoms with E-state index in [1.54, 1.807) is 17.9 Å². The van der Waals surface area contributed by atoms with E-state index in [0.29, 0.717) is 44.9 Å². The molecular weight excluding hydrogens is 387 g/mol. The molecule has 0 saturated carbocycles. The number of likely N-dealkylation sites (tertiary alicyclic amines) is 1. The molecule has 29 heavy (non-hydrogen) atoms. The minimum absolute atomic E-state index is 0.0169. The number of benzene rings is 1. The van der Waals surface area contributed by atoms with Crippen LogP contribution < -0.4 is 4.90 Å². The third kappa shape index (κ3) is 4.19. The Morgan fingerprint density at radius 1 is 1.41 bits per heavy atom. The molecule has 2 aliphatic rings. The number of ether oxygens (including phenoxy) is 1. The summed E-state index contributed by atoms with van der Waals surface area (Å²) < 4.78 is 45.1. The molecule has 2 fully saturated rings. The molecule has 1 N–H and O–H groups in total. The predicted octanol–water partition coefficient (Wildman–Crippen LogP) is 2.26. The maximum atomic E-state index is 13.3. The Hall–Kier alpha value is -2.31. The van der Waals surface area contributed by atoms with Gasteiger partial charge in [-0.2, -0.15) is 18.4 Å². The number of rotatable bonds is 5. The number of anilines is 1. The van der Waals surface area contributed by atoms with Gasteiger partial charge in [0.25, 0.3) is 0 Å². The van der Waals surface area contributed by atoms with E-state index in [4.69, 9.17) is 10.00 Å². The van der Waals surface area contributed by atoms with Gasteiger partial charge in [-0.3, -0.25) is 4.79 Å². The molecule has 0 unspecified atom stereocenters. The lowest BCUT2D eigenvalue weighted by molar-refractivity contribution is -0.141. The van der Waals surface area contributed by atoms with Crippen LogP contribution in [0.1, 0.15) is 24.5 Å². The highest BCUT2D eigenvalue weighted by Gasteiger charge is 2.50. The second-order valence-electron chi connectivity index (χ2n) is 7.68. The molecule has 0 aliphatic carbocycles. The third-order valence-corrected chi connectivity index (χ3v) is 5.96. The summed E-state index contributed by atoms with van der Waals surface area (Å²) in [4.78, 5) is 15.8. The number of aliphatic hydroxyl groups is 1. The number of amides is 1. The lowest BCUT2D eigenvalue weighted by atomic mass is 9.74. The maximum Gasteiger partial charge on any atom is 0.417 e. The zero-order valence-electron chi connectivity index (χ0n) is 16.2. The van der Waals surface area contributed by atoms with E-state index in [1.165, 1.54) is 12.1 Å². The first-order valence-electron chi connectivity index (χ1n) is 9.56. The Kier molecular flexibility index (Phi) is 6.05. The van der Waals surface area contributed by atoms with Crippen LogP contribution in [0.5, 0.6) is 0 Å². The van der Waals surface area contributed by atoms with Gasteiger partial charge in [0.1, 0.15) is 6.61 Å². The lowest BCUT2D eigenvalue weighted by Gasteiger charge is -2.43. The second-order valence-corrected chi connectivity index (χ2v) is 7.68. The van der Waals surface area contributed by atoms with Crippen molar-refractivity contribution < 1.29 is 27.8 Å². The quantitative estimate of drug-likeness (QED) is 0.804. The summed E-state index contributed by atoms with van der Waals surface area (Å²) in [6.45, 7) is 3.78. The number of hydrogen-bond donors (Lipinski definition) is 1. The van der Waals surface area contributed by atoms with Gasteiger partial charge < -0.3 is 19.6 Å². The molecule has 1 aromatic carbocycles. The third-order valence-electron chi connectivity index (χ3n) is 5.96. The van der Waals surface area contributed by atoms with Crippen molar-refractivity contribution in [1.82, 2.24) is 4.90 Å². The highest BCUT2D eigenvalue weighted by molar-refractivity contribution is 5.77. The van der Waals surface area contributed by atoms with Crippen molar-refractivity contribution in [2.75, 3.05) is 50.9 Å². The van der Waals surface area contributed by atoms with E-state index in [2.05, 4.69) is 0 Å². The molecule has 2 atom stereocenters. The van der Waals surface area contributed by atoms with Crippen LogP contribution in [0.3, 0.4) is 0 Å². The van der Waals surface area contributed by atoms with Crippen LogP contribution in [0.2, 0.25) is 0 Å². The number of aliphatic hydroxyl groups excluding tert-OH is 1. The maximum absolute atomic E-state index is 13.3. The molecule has 1 amide bonds. The Morgan fingerprint density at radius 3 is 2.79 bits per heavy atom. The number of piperidine rings is 1. The van der Waals surface area contributed by atoms with Crippen molar-refractivity contribution in [1.29, 1.82) is 5.26 Å². The molecule has 0 bridgehead atoms. The van der Waals surface area contributed by atoms with Crippen molar-refractivity contribution in [2.45, 2.75) is 19.5 Å². The molecule has 6 nitrogen and oxygen atoms in total. The van der Waals surface area contributed by atoms with Gasteiger partial charge in [-0.25, -0.2) is 0 Å². The predicted molar refractivity (Wildman–Crippen MR) is 99.1 cm³/mol. The Labute approximate surface area is 167 Å². The summed E-state index contributed by atoms with van der Waals surface area (Å²) >= 11 is 0. The second kappa shape index (κ2) is 8.20. The van der Waals surface area contributed by atoms with Crippen molar-refractivity contribution in [2.24, 2.45) is 11.3 Å². The SMILES string of the molecule is CCOCC(=O)N1CC[C@H]2CN(c3ccc(C#N)c(C(F)(F)F)c3)C[C@@]2(CO)C1. The molecule has 1 aromatic rings. The van der Waals surface area contributed by atoms with Gasteiger partial charge in [-0.05, 0) is 37.5 Å². The Bertz CT molecular complexity index is 808. The number of alkyl halides is 3. The highest BCUT2D eigenvalue weighted by Crippen LogP contribution is 2.44. The van der Waals surface area contributed by atoms with Gasteiger partial charge in [0.2, 0.25) is 5.91 Å². The number of carbonyl (C=O) groups excluding carboxylic acids is 1. The van der Waals surface area contributed by atoms with Crippen molar-refractivity contribution >= 4 is 11.6 Å². The smallest absolute Gasteiger partial charge is 0.396 e. The largest absolute Gasteiger partial charge is 0.417 e. The van der Waals surface area contributed by atoms with Gasteiger partial charge in [-0.1, -0.05) is 0 Å². The van der Waals surface area contributed by atoms with Crippen LogP contribution in [0.4, 0.5) is 18.9 Å². The molecule has 0 radical (unpaired) electrons. The average molecular weight is 411 g/mol. The fourth-order valence-electron chi connectivity index (χ4n) is 4.36. The van der Waals surface area contributed by atoms with Gasteiger partial charge in [0.05, 0.1) is 23.8 Å². The summed E-state index contributed by atoms with van der Waals surface area (Å²) in [5, 5.41) is 19.1. The van der Waals surface area contributed by atoms with Crippen LogP contribution in [0.15, 0.2) is 18.2 Å². The minimum Gasteiger partial charge on any atom is -0.396 e. The molecule has 2 heterocycles. The number of nitrogens with zero attached hydrogens (tertiary/aromatic N) is 3. The summed E-state index contributed by atoms with van der Waals surface area (Å²) in [6.07, 6.45) is -3.96. The van der Waals surface area contributed by atoms with Gasteiger partial charge in [0, 0.05) is 43.9 Å². The number of nitriles is 1. The van der Waals surface area contributed by atoms with Crippen LogP contribution in [0.25, 0.3) is 0 Å². The van der Waals surface area contributed by atoms with E-state index < -0.39 is 22.7 Å². The fourth-order valence-corrected chi connectivity index (χ4v) is 4.36. The first-order valence-corrected chi connectivity index (χ1v) is 9.56. The monoisotopic (exact) mass is 411 g/mol. The van der Waals surface area contributed by atoms with Crippen molar-refractivity contribution in [3.8, 4) is 6.07 Å². The van der Waals surface area contributed by atoms with Gasteiger partial charge in [-0.15, -0.1) is 0 Å². The standard InChI is InChI=1S/C20H24F3N3O3/c1-2-29-10-18(28)25-6-5-15-9-26(12-19(15,11-25)13-27)16-4-3-14(8-24)17(7-16)20(21,22)23/h3-4,7,15,27H,2,5-6,9-13H2,1H3/t15-,19+/m0/s1. The first kappa shape index (κ1) is 21.4. The fraction of sp³-hybridized carbons (Fsp3) is 0.600. The normalized spacial score (nSPS) is 24.3. The van der Waals surface area contributed by atoms with Crippen LogP contribution in [-0.4, -0.2) is 61.9 Å². The summed E-state index contributed by atoms with van der Waals surface area (Å²) in [6, 6.07) is 5.28. The van der Waals surface area contributed by atoms with E-state index in [9.17, 15) is 23.1 Å². The molecular formula is C20H24F3N3O3. The number of halogens is 3. The molecule has 0 spiro atoms. The number of carbonyl (C=O) groups is 1. The summed E-state index contributed by atoms with van der Waals surface area (Å²) in [7, 11) is 0. The van der Waals surface area contributed by atoms with E-state index >= 15 is 0 Å². The molecule has 158 valence electrons. The first-order chi connectivity index (χ1) is 13.7. The number of hydrogen-bond acceptors (Lipinski definition) is 5. The minimum atomic E-state index is -4.62. The van der Waals surface area contributed by atoms with E-state index in [0.717, 1.165) is 6.07 Å². The Balaban J connectivity index is 1.82. The van der Waals surface area contributed by atoms with Crippen molar-refractivity contribution in [3.05, 3.63) is 29.3 Å². The molecule has 9 heteroatoms. The van der Waals surface area contributed by atoms with Crippen LogP contribution >= 0.6 is 0 Å². The molecule has 0 aromatic heterocycles. The molecule has 2 aliphatic heterocycles. The van der Waals surface area contributed by atoms with E-state index in [1.807, 2.05) is 4.90 Å². The average Bonchev–Trinajstić information content (AvgIpc) is 3.10. The molecule has 2 saturated heterocycles. The van der Waals surface area contributed by atoms with E-state index in [-0.39, 0.29) is 25.0 Å². The zero-order valence-corrected chi connectivity index (χ0v) is 16.2. The van der Waals surface area contributed by atoms with Crippen LogP contribution in [-0.2, 0) is 15.7 Å². The summed E-state index contributed by atoms with van der Waals surface area (Å²) in [5.74, 6) is -0.0806. The highest BCUT2D eigenvalue weighted by atomic mass is 19.4. The Morgan fingerprint density at radius 2 is 2.17 bits per heavy atom. The van der Waals surface area contributed by atoms with Gasteiger partial charge >= 0.3 is 6.18 Å². The zero-order chi connectivity index (χ0) is 21.2. The number of fused-ring (bicyclic) bond motifs is 1.